The Kier molecular flexibility index (Phi) is 6.18. The van der Waals surface area contributed by atoms with E-state index in [-0.39, 0.29) is 24.9 Å². The van der Waals surface area contributed by atoms with Crippen LogP contribution < -0.4 is 15.1 Å². The molecule has 1 N–H and O–H groups in total. The Bertz CT molecular complexity index is 1540. The van der Waals surface area contributed by atoms with Crippen LogP contribution in [0.1, 0.15) is 42.8 Å². The van der Waals surface area contributed by atoms with Crippen molar-refractivity contribution >= 4 is 43.9 Å². The van der Waals surface area contributed by atoms with Crippen molar-refractivity contribution in [2.24, 2.45) is 0 Å². The average Bonchev–Trinajstić information content (AvgIpc) is 2.87. The van der Waals surface area contributed by atoms with Gasteiger partial charge in [-0.3, -0.25) is 0 Å². The monoisotopic (exact) mass is 545 g/mol. The number of fused-ring (bicyclic) bond motifs is 1. The molecule has 2 aliphatic heterocycles. The van der Waals surface area contributed by atoms with E-state index in [4.69, 9.17) is 8.85 Å². The largest absolute Gasteiger partial charge is 0.378 e. The molecule has 11 heteroatoms. The van der Waals surface area contributed by atoms with E-state index in [2.05, 4.69) is 45.1 Å². The van der Waals surface area contributed by atoms with Crippen LogP contribution in [0.2, 0.25) is 0 Å². The van der Waals surface area contributed by atoms with E-state index in [9.17, 15) is 12.8 Å². The number of aromatic nitrogens is 3. The SMILES string of the molecule is [2H]C([2H])([2H])O[C@@H]1CCN(c2nccc(Nc3cc4c(C(C)C)ccc(N5C[C@H](S(C)(=O)=O)[C@H]5C)c4cn3)n2)C[C@@H]1F. The zero-order chi connectivity index (χ0) is 29.7. The number of sulfone groups is 1. The summed E-state index contributed by atoms with van der Waals surface area (Å²) in [6.45, 7) is 6.90. The van der Waals surface area contributed by atoms with E-state index in [1.165, 1.54) is 6.26 Å². The van der Waals surface area contributed by atoms with Crippen molar-refractivity contribution in [3.8, 4) is 0 Å². The first kappa shape index (κ1) is 22.9. The Labute approximate surface area is 227 Å². The summed E-state index contributed by atoms with van der Waals surface area (Å²) in [5, 5.41) is 4.79. The number of piperidine rings is 1. The molecule has 0 aliphatic carbocycles. The molecule has 2 fully saturated rings. The second-order valence-corrected chi connectivity index (χ2v) is 12.7. The number of rotatable bonds is 7. The van der Waals surface area contributed by atoms with Crippen molar-refractivity contribution in [1.29, 1.82) is 0 Å². The Morgan fingerprint density at radius 1 is 1.18 bits per heavy atom. The van der Waals surface area contributed by atoms with E-state index < -0.39 is 34.4 Å². The molecule has 0 spiro atoms. The minimum Gasteiger partial charge on any atom is -0.378 e. The van der Waals surface area contributed by atoms with Crippen LogP contribution in [0, 0.1) is 0 Å². The number of hydrogen-bond acceptors (Lipinski definition) is 9. The van der Waals surface area contributed by atoms with Gasteiger partial charge in [0.05, 0.1) is 22.0 Å². The molecular formula is C27H35FN6O3S. The van der Waals surface area contributed by atoms with Crippen molar-refractivity contribution in [3.63, 3.8) is 0 Å². The van der Waals surface area contributed by atoms with Crippen molar-refractivity contribution < 1.29 is 21.7 Å². The Balaban J connectivity index is 1.37. The van der Waals surface area contributed by atoms with Crippen molar-refractivity contribution in [2.75, 3.05) is 48.0 Å². The van der Waals surface area contributed by atoms with Gasteiger partial charge >= 0.3 is 0 Å². The molecule has 4 atom stereocenters. The van der Waals surface area contributed by atoms with Crippen LogP contribution in [0.5, 0.6) is 0 Å². The summed E-state index contributed by atoms with van der Waals surface area (Å²) in [7, 11) is -5.78. The third kappa shape index (κ3) is 5.01. The highest BCUT2D eigenvalue weighted by atomic mass is 32.2. The van der Waals surface area contributed by atoms with Gasteiger partial charge in [0.25, 0.3) is 0 Å². The summed E-state index contributed by atoms with van der Waals surface area (Å²) in [5.74, 6) is 1.62. The smallest absolute Gasteiger partial charge is 0.227 e. The molecule has 0 unspecified atom stereocenters. The number of ether oxygens (including phenoxy) is 1. The van der Waals surface area contributed by atoms with Gasteiger partial charge in [-0.25, -0.2) is 22.8 Å². The van der Waals surface area contributed by atoms with Crippen LogP contribution in [-0.2, 0) is 14.6 Å². The van der Waals surface area contributed by atoms with Crippen LogP contribution in [0.4, 0.5) is 27.7 Å². The van der Waals surface area contributed by atoms with E-state index in [0.717, 1.165) is 22.0 Å². The summed E-state index contributed by atoms with van der Waals surface area (Å²) < 4.78 is 65.6. The number of nitrogens with zero attached hydrogens (tertiary/aromatic N) is 5. The minimum atomic E-state index is -3.13. The normalized spacial score (nSPS) is 25.6. The molecule has 3 aromatic rings. The highest BCUT2D eigenvalue weighted by Crippen LogP contribution is 2.39. The Morgan fingerprint density at radius 3 is 2.68 bits per heavy atom. The molecule has 4 heterocycles. The predicted molar refractivity (Wildman–Crippen MR) is 149 cm³/mol. The standard InChI is InChI=1S/C27H35FN6O3S/c1-16(2)18-6-7-22(34-15-24(17(34)3)38(5,35)36)20-13-30-26(12-19(18)20)31-25-8-10-29-27(32-25)33-11-9-23(37-4)21(28)14-33/h6-8,10,12-13,16-17,21,23-24H,9,11,14-15H2,1-5H3,(H,29,30,31,32)/t17-,21+,23-,24+/m1/s1/i4D3. The molecule has 0 bridgehead atoms. The number of pyridine rings is 1. The molecule has 0 radical (unpaired) electrons. The zero-order valence-electron chi connectivity index (χ0n) is 24.9. The van der Waals surface area contributed by atoms with Gasteiger partial charge in [0.1, 0.15) is 17.8 Å². The van der Waals surface area contributed by atoms with Gasteiger partial charge in [0.15, 0.2) is 9.84 Å². The Hall–Kier alpha value is -3.05. The molecule has 2 aliphatic rings. The van der Waals surface area contributed by atoms with Gasteiger partial charge in [-0.05, 0) is 48.4 Å². The third-order valence-corrected chi connectivity index (χ3v) is 9.26. The highest BCUT2D eigenvalue weighted by molar-refractivity contribution is 7.91. The number of hydrogen-bond donors (Lipinski definition) is 1. The van der Waals surface area contributed by atoms with Crippen LogP contribution >= 0.6 is 0 Å². The molecule has 5 rings (SSSR count). The number of nitrogens with one attached hydrogen (secondary N) is 1. The molecule has 38 heavy (non-hydrogen) atoms. The lowest BCUT2D eigenvalue weighted by atomic mass is 9.93. The van der Waals surface area contributed by atoms with Crippen LogP contribution in [0.3, 0.4) is 0 Å². The van der Waals surface area contributed by atoms with Crippen LogP contribution in [0.15, 0.2) is 36.7 Å². The summed E-state index contributed by atoms with van der Waals surface area (Å²) in [4.78, 5) is 17.3. The molecule has 1 aromatic carbocycles. The van der Waals surface area contributed by atoms with Gasteiger partial charge in [-0.15, -0.1) is 0 Å². The maximum atomic E-state index is 14.7. The second kappa shape index (κ2) is 10.3. The zero-order valence-corrected chi connectivity index (χ0v) is 22.7. The maximum Gasteiger partial charge on any atom is 0.227 e. The topological polar surface area (TPSA) is 101 Å². The fourth-order valence-corrected chi connectivity index (χ4v) is 6.65. The molecule has 0 saturated carbocycles. The molecule has 0 amide bonds. The summed E-state index contributed by atoms with van der Waals surface area (Å²) >= 11 is 0. The fraction of sp³-hybridized carbons (Fsp3) is 0.519. The molecular weight excluding hydrogens is 507 g/mol. The Morgan fingerprint density at radius 2 is 2.00 bits per heavy atom. The maximum absolute atomic E-state index is 14.7. The predicted octanol–water partition coefficient (Wildman–Crippen LogP) is 4.08. The minimum absolute atomic E-state index is 0.0753. The van der Waals surface area contributed by atoms with E-state index in [1.807, 2.05) is 19.1 Å². The van der Waals surface area contributed by atoms with Crippen molar-refractivity contribution in [3.05, 3.63) is 42.2 Å². The lowest BCUT2D eigenvalue weighted by molar-refractivity contribution is 0.0194. The molecule has 2 aromatic heterocycles. The molecule has 204 valence electrons. The average molecular weight is 546 g/mol. The van der Waals surface area contributed by atoms with E-state index >= 15 is 0 Å². The highest BCUT2D eigenvalue weighted by Gasteiger charge is 2.42. The number of alkyl halides is 1. The lowest BCUT2D eigenvalue weighted by Gasteiger charge is -2.47. The lowest BCUT2D eigenvalue weighted by Crippen LogP contribution is -2.61. The van der Waals surface area contributed by atoms with Gasteiger partial charge in [0, 0.05) is 55.9 Å². The quantitative estimate of drug-likeness (QED) is 0.471. The van der Waals surface area contributed by atoms with Crippen LogP contribution in [-0.4, -0.2) is 79.9 Å². The first-order valence-corrected chi connectivity index (χ1v) is 14.7. The second-order valence-electron chi connectivity index (χ2n) is 10.5. The molecule has 9 nitrogen and oxygen atoms in total. The van der Waals surface area contributed by atoms with E-state index in [0.29, 0.717) is 30.7 Å². The van der Waals surface area contributed by atoms with Crippen LogP contribution in [0.25, 0.3) is 10.8 Å². The van der Waals surface area contributed by atoms with Crippen molar-refractivity contribution in [1.82, 2.24) is 15.0 Å². The van der Waals surface area contributed by atoms with Gasteiger partial charge in [-0.2, -0.15) is 4.98 Å². The van der Waals surface area contributed by atoms with Gasteiger partial charge in [0.2, 0.25) is 5.95 Å². The summed E-state index contributed by atoms with van der Waals surface area (Å²) in [5.41, 5.74) is 2.09. The fourth-order valence-electron chi connectivity index (χ4n) is 5.35. The summed E-state index contributed by atoms with van der Waals surface area (Å²) in [6, 6.07) is 7.65. The van der Waals surface area contributed by atoms with Crippen molar-refractivity contribution in [2.45, 2.75) is 56.7 Å². The van der Waals surface area contributed by atoms with Gasteiger partial charge < -0.3 is 19.9 Å². The molecule has 2 saturated heterocycles. The first-order chi connectivity index (χ1) is 19.2. The summed E-state index contributed by atoms with van der Waals surface area (Å²) in [6.07, 6.45) is 2.37. The number of anilines is 4. The number of methoxy groups -OCH3 is 1. The third-order valence-electron chi connectivity index (χ3n) is 7.61. The van der Waals surface area contributed by atoms with Gasteiger partial charge in [-0.1, -0.05) is 19.9 Å². The number of halogens is 1. The first-order valence-electron chi connectivity index (χ1n) is 14.3. The van der Waals surface area contributed by atoms with E-state index in [1.54, 1.807) is 23.4 Å². The number of benzene rings is 1.